The number of nitrogens with one attached hydrogen (secondary N) is 1. The fraction of sp³-hybridized carbons (Fsp3) is 0.526. The lowest BCUT2D eigenvalue weighted by Gasteiger charge is -2.36. The maximum atomic E-state index is 12.3. The van der Waals surface area contributed by atoms with Crippen LogP contribution in [-0.4, -0.2) is 34.8 Å². The molecule has 0 aliphatic heterocycles. The van der Waals surface area contributed by atoms with Crippen LogP contribution in [0.5, 0.6) is 0 Å². The smallest absolute Gasteiger partial charge is 0.302 e. The number of ether oxygens (including phenoxy) is 1. The second-order valence-electron chi connectivity index (χ2n) is 6.79. The van der Waals surface area contributed by atoms with Gasteiger partial charge in [-0.1, -0.05) is 15.9 Å². The first-order valence-electron chi connectivity index (χ1n) is 8.87. The third-order valence-electron chi connectivity index (χ3n) is 4.60. The van der Waals surface area contributed by atoms with Crippen molar-refractivity contribution >= 4 is 55.3 Å². The molecule has 27 heavy (non-hydrogen) atoms. The third kappa shape index (κ3) is 6.31. The minimum absolute atomic E-state index is 0.0178. The number of benzene rings is 1. The SMILES string of the molecule is CC(=O)Nc1c(Br)cc(Br)cc1CN(C(C)=O)C1CCC(OC(C)=O)CC1. The molecule has 0 bridgehead atoms. The van der Waals surface area contributed by atoms with E-state index in [2.05, 4.69) is 37.2 Å². The molecule has 0 unspecified atom stereocenters. The van der Waals surface area contributed by atoms with Gasteiger partial charge in [-0.3, -0.25) is 14.4 Å². The number of carbonyl (C=O) groups is 3. The lowest BCUT2D eigenvalue weighted by molar-refractivity contribution is -0.149. The molecule has 0 aromatic heterocycles. The van der Waals surface area contributed by atoms with Gasteiger partial charge in [-0.05, 0) is 59.3 Å². The normalized spacial score (nSPS) is 19.3. The van der Waals surface area contributed by atoms with E-state index in [0.717, 1.165) is 40.2 Å². The van der Waals surface area contributed by atoms with E-state index in [9.17, 15) is 14.4 Å². The summed E-state index contributed by atoms with van der Waals surface area (Å²) in [4.78, 5) is 36.9. The monoisotopic (exact) mass is 502 g/mol. The lowest BCUT2D eigenvalue weighted by atomic mass is 9.91. The number of halogens is 2. The number of anilines is 1. The molecule has 8 heteroatoms. The number of carbonyl (C=O) groups excluding carboxylic acids is 3. The standard InChI is InChI=1S/C19H24Br2N2O4/c1-11(24)22-19-14(8-15(20)9-18(19)21)10-23(12(2)25)16-4-6-17(7-5-16)27-13(3)26/h8-9,16-17H,4-7,10H2,1-3H3,(H,22,24). The number of amides is 2. The van der Waals surface area contributed by atoms with E-state index in [1.165, 1.54) is 13.8 Å². The Morgan fingerprint density at radius 1 is 1.11 bits per heavy atom. The quantitative estimate of drug-likeness (QED) is 0.604. The first-order chi connectivity index (χ1) is 12.7. The Bertz CT molecular complexity index is 731. The summed E-state index contributed by atoms with van der Waals surface area (Å²) in [5, 5.41) is 2.84. The maximum Gasteiger partial charge on any atom is 0.302 e. The Labute approximate surface area is 176 Å². The van der Waals surface area contributed by atoms with E-state index in [1.54, 1.807) is 6.92 Å². The van der Waals surface area contributed by atoms with Gasteiger partial charge in [0, 0.05) is 42.3 Å². The molecule has 2 amide bonds. The summed E-state index contributed by atoms with van der Waals surface area (Å²) >= 11 is 6.96. The third-order valence-corrected chi connectivity index (χ3v) is 5.68. The fourth-order valence-corrected chi connectivity index (χ4v) is 4.87. The summed E-state index contributed by atoms with van der Waals surface area (Å²) in [6.07, 6.45) is 2.98. The van der Waals surface area contributed by atoms with Crippen molar-refractivity contribution in [2.75, 3.05) is 5.32 Å². The highest BCUT2D eigenvalue weighted by Crippen LogP contribution is 2.33. The minimum Gasteiger partial charge on any atom is -0.463 e. The molecule has 148 valence electrons. The Hall–Kier alpha value is -1.41. The zero-order valence-corrected chi connectivity index (χ0v) is 18.9. The minimum atomic E-state index is -0.263. The summed E-state index contributed by atoms with van der Waals surface area (Å²) in [5.41, 5.74) is 1.52. The molecule has 1 aromatic carbocycles. The molecule has 2 rings (SSSR count). The van der Waals surface area contributed by atoms with E-state index in [0.29, 0.717) is 12.2 Å². The summed E-state index contributed by atoms with van der Waals surface area (Å²) in [5.74, 6) is -0.452. The average Bonchev–Trinajstić information content (AvgIpc) is 2.55. The summed E-state index contributed by atoms with van der Waals surface area (Å²) in [6, 6.07) is 3.85. The van der Waals surface area contributed by atoms with Crippen LogP contribution in [0.25, 0.3) is 0 Å². The van der Waals surface area contributed by atoms with Gasteiger partial charge < -0.3 is 15.0 Å². The number of nitrogens with zero attached hydrogens (tertiary/aromatic N) is 1. The van der Waals surface area contributed by atoms with Gasteiger partial charge in [0.25, 0.3) is 0 Å². The molecule has 0 saturated heterocycles. The first-order valence-corrected chi connectivity index (χ1v) is 10.5. The highest BCUT2D eigenvalue weighted by atomic mass is 79.9. The molecule has 0 heterocycles. The predicted molar refractivity (Wildman–Crippen MR) is 110 cm³/mol. The maximum absolute atomic E-state index is 12.3. The summed E-state index contributed by atoms with van der Waals surface area (Å²) in [7, 11) is 0. The Morgan fingerprint density at radius 3 is 2.26 bits per heavy atom. The van der Waals surface area contributed by atoms with Gasteiger partial charge in [-0.15, -0.1) is 0 Å². The zero-order chi connectivity index (χ0) is 20.1. The molecule has 0 atom stereocenters. The second kappa shape index (κ2) is 9.68. The van der Waals surface area contributed by atoms with Crippen molar-refractivity contribution in [2.45, 2.75) is 65.1 Å². The van der Waals surface area contributed by atoms with Crippen molar-refractivity contribution < 1.29 is 19.1 Å². The van der Waals surface area contributed by atoms with Crippen molar-refractivity contribution in [3.63, 3.8) is 0 Å². The first kappa shape index (κ1) is 21.9. The van der Waals surface area contributed by atoms with Gasteiger partial charge in [-0.2, -0.15) is 0 Å². The van der Waals surface area contributed by atoms with Gasteiger partial charge in [0.1, 0.15) is 6.10 Å². The molecule has 1 fully saturated rings. The van der Waals surface area contributed by atoms with Crippen molar-refractivity contribution in [1.29, 1.82) is 0 Å². The topological polar surface area (TPSA) is 75.7 Å². The molecular formula is C19H24Br2N2O4. The van der Waals surface area contributed by atoms with E-state index in [-0.39, 0.29) is 29.9 Å². The van der Waals surface area contributed by atoms with Gasteiger partial charge in [-0.25, -0.2) is 0 Å². The highest BCUT2D eigenvalue weighted by molar-refractivity contribution is 9.11. The van der Waals surface area contributed by atoms with Crippen molar-refractivity contribution in [1.82, 2.24) is 4.90 Å². The number of rotatable bonds is 5. The molecule has 1 aliphatic rings. The molecule has 1 aromatic rings. The highest BCUT2D eigenvalue weighted by Gasteiger charge is 2.29. The Kier molecular flexibility index (Phi) is 7.85. The molecule has 1 N–H and O–H groups in total. The largest absolute Gasteiger partial charge is 0.463 e. The predicted octanol–water partition coefficient (Wildman–Crippen LogP) is 4.39. The molecule has 1 aliphatic carbocycles. The van der Waals surface area contributed by atoms with E-state index >= 15 is 0 Å². The van der Waals surface area contributed by atoms with Crippen LogP contribution >= 0.6 is 31.9 Å². The van der Waals surface area contributed by atoms with Crippen LogP contribution in [-0.2, 0) is 25.7 Å². The van der Waals surface area contributed by atoms with Crippen LogP contribution in [0.4, 0.5) is 5.69 Å². The van der Waals surface area contributed by atoms with Crippen LogP contribution in [0.3, 0.4) is 0 Å². The van der Waals surface area contributed by atoms with Crippen LogP contribution in [0.2, 0.25) is 0 Å². The van der Waals surface area contributed by atoms with E-state index in [4.69, 9.17) is 4.74 Å². The number of hydrogen-bond donors (Lipinski definition) is 1. The van der Waals surface area contributed by atoms with Gasteiger partial charge in [0.2, 0.25) is 11.8 Å². The average molecular weight is 504 g/mol. The molecule has 0 radical (unpaired) electrons. The molecule has 6 nitrogen and oxygen atoms in total. The van der Waals surface area contributed by atoms with Crippen LogP contribution < -0.4 is 5.32 Å². The molecule has 0 spiro atoms. The summed E-state index contributed by atoms with van der Waals surface area (Å²) < 4.78 is 6.91. The zero-order valence-electron chi connectivity index (χ0n) is 15.7. The van der Waals surface area contributed by atoms with Gasteiger partial charge in [0.05, 0.1) is 5.69 Å². The van der Waals surface area contributed by atoms with Crippen molar-refractivity contribution in [3.8, 4) is 0 Å². The Morgan fingerprint density at radius 2 is 1.74 bits per heavy atom. The Balaban J connectivity index is 2.19. The molecule has 1 saturated carbocycles. The van der Waals surface area contributed by atoms with Crippen LogP contribution in [0, 0.1) is 0 Å². The van der Waals surface area contributed by atoms with Gasteiger partial charge in [0.15, 0.2) is 0 Å². The number of esters is 1. The van der Waals surface area contributed by atoms with Crippen molar-refractivity contribution in [2.24, 2.45) is 0 Å². The van der Waals surface area contributed by atoms with Crippen LogP contribution in [0.15, 0.2) is 21.1 Å². The van der Waals surface area contributed by atoms with Crippen LogP contribution in [0.1, 0.15) is 52.0 Å². The number of hydrogen-bond acceptors (Lipinski definition) is 4. The summed E-state index contributed by atoms with van der Waals surface area (Å²) in [6.45, 7) is 4.83. The van der Waals surface area contributed by atoms with E-state index < -0.39 is 0 Å². The van der Waals surface area contributed by atoms with Crippen molar-refractivity contribution in [3.05, 3.63) is 26.6 Å². The fourth-order valence-electron chi connectivity index (χ4n) is 3.46. The van der Waals surface area contributed by atoms with E-state index in [1.807, 2.05) is 17.0 Å². The molecular weight excluding hydrogens is 480 g/mol. The second-order valence-corrected chi connectivity index (χ2v) is 8.56. The lowest BCUT2D eigenvalue weighted by Crippen LogP contribution is -2.42. The van der Waals surface area contributed by atoms with Gasteiger partial charge >= 0.3 is 5.97 Å².